The molecule has 2 N–H and O–H groups in total. The van der Waals surface area contributed by atoms with Crippen molar-refractivity contribution in [3.63, 3.8) is 0 Å². The molecule has 19 heavy (non-hydrogen) atoms. The van der Waals surface area contributed by atoms with Gasteiger partial charge >= 0.3 is 0 Å². The second-order valence-corrected chi connectivity index (χ2v) is 6.00. The standard InChI is InChI=1S/C15H26N4/c1-5-6-15(7-8-15)10-17-13-9-12(16-4)18-14(19-13)11(2)3/h9,11H,5-8,10H2,1-4H3,(H2,16,17,18,19). The summed E-state index contributed by atoms with van der Waals surface area (Å²) >= 11 is 0. The quantitative estimate of drug-likeness (QED) is 0.787. The molecular weight excluding hydrogens is 236 g/mol. The summed E-state index contributed by atoms with van der Waals surface area (Å²) in [4.78, 5) is 9.10. The van der Waals surface area contributed by atoms with Gasteiger partial charge in [0, 0.05) is 25.6 Å². The van der Waals surface area contributed by atoms with Gasteiger partial charge in [0.15, 0.2) is 0 Å². The van der Waals surface area contributed by atoms with Crippen molar-refractivity contribution in [2.75, 3.05) is 24.2 Å². The third-order valence-corrected chi connectivity index (χ3v) is 3.90. The molecule has 0 atom stereocenters. The fourth-order valence-corrected chi connectivity index (χ4v) is 2.44. The molecule has 1 aliphatic carbocycles. The SMILES string of the molecule is CCCC1(CNc2cc(NC)nc(C(C)C)n2)CC1. The number of anilines is 2. The van der Waals surface area contributed by atoms with Gasteiger partial charge in [-0.1, -0.05) is 27.2 Å². The van der Waals surface area contributed by atoms with E-state index in [1.807, 2.05) is 13.1 Å². The minimum absolute atomic E-state index is 0.347. The van der Waals surface area contributed by atoms with Crippen LogP contribution in [0.5, 0.6) is 0 Å². The van der Waals surface area contributed by atoms with Crippen LogP contribution in [-0.4, -0.2) is 23.6 Å². The first-order valence-electron chi connectivity index (χ1n) is 7.39. The van der Waals surface area contributed by atoms with E-state index in [0.29, 0.717) is 11.3 Å². The molecule has 2 rings (SSSR count). The van der Waals surface area contributed by atoms with Crippen molar-refractivity contribution in [1.82, 2.24) is 9.97 Å². The van der Waals surface area contributed by atoms with Gasteiger partial charge in [-0.05, 0) is 24.7 Å². The summed E-state index contributed by atoms with van der Waals surface area (Å²) in [5.41, 5.74) is 0.539. The third kappa shape index (κ3) is 3.58. The lowest BCUT2D eigenvalue weighted by Crippen LogP contribution is -2.17. The zero-order valence-electron chi connectivity index (χ0n) is 12.6. The summed E-state index contributed by atoms with van der Waals surface area (Å²) < 4.78 is 0. The van der Waals surface area contributed by atoms with E-state index in [9.17, 15) is 0 Å². The number of nitrogens with zero attached hydrogens (tertiary/aromatic N) is 2. The van der Waals surface area contributed by atoms with Crippen LogP contribution < -0.4 is 10.6 Å². The predicted octanol–water partition coefficient (Wildman–Crippen LogP) is 3.63. The summed E-state index contributed by atoms with van der Waals surface area (Å²) in [5.74, 6) is 3.08. The van der Waals surface area contributed by atoms with Crippen LogP contribution in [0.3, 0.4) is 0 Å². The highest BCUT2D eigenvalue weighted by atomic mass is 15.1. The van der Waals surface area contributed by atoms with Gasteiger partial charge in [-0.15, -0.1) is 0 Å². The van der Waals surface area contributed by atoms with Gasteiger partial charge in [0.2, 0.25) is 0 Å². The second kappa shape index (κ2) is 5.76. The Morgan fingerprint density at radius 3 is 2.47 bits per heavy atom. The maximum absolute atomic E-state index is 4.61. The highest BCUT2D eigenvalue weighted by Gasteiger charge is 2.41. The summed E-state index contributed by atoms with van der Waals surface area (Å²) in [6.07, 6.45) is 5.30. The lowest BCUT2D eigenvalue weighted by molar-refractivity contribution is 0.485. The van der Waals surface area contributed by atoms with E-state index in [1.54, 1.807) is 0 Å². The molecule has 1 aliphatic rings. The van der Waals surface area contributed by atoms with Crippen LogP contribution in [0.25, 0.3) is 0 Å². The largest absolute Gasteiger partial charge is 0.373 e. The maximum atomic E-state index is 4.61. The van der Waals surface area contributed by atoms with Crippen molar-refractivity contribution >= 4 is 11.6 Å². The first-order valence-corrected chi connectivity index (χ1v) is 7.39. The van der Waals surface area contributed by atoms with E-state index in [0.717, 1.165) is 24.0 Å². The average Bonchev–Trinajstić information content (AvgIpc) is 3.17. The van der Waals surface area contributed by atoms with Crippen molar-refractivity contribution in [1.29, 1.82) is 0 Å². The molecule has 0 aliphatic heterocycles. The number of hydrogen-bond acceptors (Lipinski definition) is 4. The van der Waals surface area contributed by atoms with Crippen LogP contribution in [0.4, 0.5) is 11.6 Å². The highest BCUT2D eigenvalue weighted by molar-refractivity contribution is 5.47. The Morgan fingerprint density at radius 1 is 1.26 bits per heavy atom. The number of nitrogens with one attached hydrogen (secondary N) is 2. The van der Waals surface area contributed by atoms with Crippen molar-refractivity contribution in [3.05, 3.63) is 11.9 Å². The number of rotatable bonds is 7. The van der Waals surface area contributed by atoms with E-state index in [2.05, 4.69) is 41.4 Å². The summed E-state index contributed by atoms with van der Waals surface area (Å²) in [6.45, 7) is 7.55. The summed E-state index contributed by atoms with van der Waals surface area (Å²) in [5, 5.41) is 6.62. The summed E-state index contributed by atoms with van der Waals surface area (Å²) in [7, 11) is 1.90. The molecule has 0 bridgehead atoms. The molecule has 0 spiro atoms. The van der Waals surface area contributed by atoms with E-state index < -0.39 is 0 Å². The normalized spacial score (nSPS) is 16.5. The van der Waals surface area contributed by atoms with Crippen LogP contribution in [0.15, 0.2) is 6.07 Å². The monoisotopic (exact) mass is 262 g/mol. The fourth-order valence-electron chi connectivity index (χ4n) is 2.44. The molecule has 0 radical (unpaired) electrons. The van der Waals surface area contributed by atoms with Crippen LogP contribution in [0.2, 0.25) is 0 Å². The molecule has 1 heterocycles. The van der Waals surface area contributed by atoms with Gasteiger partial charge < -0.3 is 10.6 Å². The van der Waals surface area contributed by atoms with Gasteiger partial charge in [-0.25, -0.2) is 9.97 Å². The first-order chi connectivity index (χ1) is 9.08. The smallest absolute Gasteiger partial charge is 0.135 e. The zero-order chi connectivity index (χ0) is 13.9. The Morgan fingerprint density at radius 2 is 1.95 bits per heavy atom. The molecule has 1 aromatic rings. The van der Waals surface area contributed by atoms with Crippen molar-refractivity contribution < 1.29 is 0 Å². The lowest BCUT2D eigenvalue weighted by Gasteiger charge is -2.16. The Balaban J connectivity index is 2.05. The molecule has 4 heteroatoms. The van der Waals surface area contributed by atoms with Crippen LogP contribution in [-0.2, 0) is 0 Å². The van der Waals surface area contributed by atoms with Crippen LogP contribution >= 0.6 is 0 Å². The second-order valence-electron chi connectivity index (χ2n) is 6.00. The molecule has 4 nitrogen and oxygen atoms in total. The van der Waals surface area contributed by atoms with Crippen molar-refractivity contribution in [2.24, 2.45) is 5.41 Å². The van der Waals surface area contributed by atoms with Gasteiger partial charge in [0.1, 0.15) is 17.5 Å². The van der Waals surface area contributed by atoms with Gasteiger partial charge in [0.05, 0.1) is 0 Å². The Kier molecular flexibility index (Phi) is 4.27. The first kappa shape index (κ1) is 14.1. The molecular formula is C15H26N4. The van der Waals surface area contributed by atoms with Gasteiger partial charge in [-0.3, -0.25) is 0 Å². The molecule has 0 saturated heterocycles. The maximum Gasteiger partial charge on any atom is 0.135 e. The number of aromatic nitrogens is 2. The van der Waals surface area contributed by atoms with Gasteiger partial charge in [-0.2, -0.15) is 0 Å². The minimum Gasteiger partial charge on any atom is -0.373 e. The van der Waals surface area contributed by atoms with E-state index >= 15 is 0 Å². The van der Waals surface area contributed by atoms with Gasteiger partial charge in [0.25, 0.3) is 0 Å². The zero-order valence-corrected chi connectivity index (χ0v) is 12.6. The van der Waals surface area contributed by atoms with Crippen LogP contribution in [0.1, 0.15) is 58.2 Å². The fraction of sp³-hybridized carbons (Fsp3) is 0.733. The molecule has 1 aromatic heterocycles. The minimum atomic E-state index is 0.347. The molecule has 0 amide bonds. The van der Waals surface area contributed by atoms with Crippen molar-refractivity contribution in [3.8, 4) is 0 Å². The summed E-state index contributed by atoms with van der Waals surface area (Å²) in [6, 6.07) is 1.99. The predicted molar refractivity (Wildman–Crippen MR) is 80.7 cm³/mol. The molecule has 0 aromatic carbocycles. The molecule has 0 unspecified atom stereocenters. The number of hydrogen-bond donors (Lipinski definition) is 2. The third-order valence-electron chi connectivity index (χ3n) is 3.90. The molecule has 106 valence electrons. The molecule has 1 fully saturated rings. The lowest BCUT2D eigenvalue weighted by atomic mass is 10.0. The van der Waals surface area contributed by atoms with E-state index in [1.165, 1.54) is 25.7 Å². The average molecular weight is 262 g/mol. The Labute approximate surface area is 116 Å². The van der Waals surface area contributed by atoms with Crippen molar-refractivity contribution in [2.45, 2.75) is 52.4 Å². The van der Waals surface area contributed by atoms with E-state index in [4.69, 9.17) is 0 Å². The van der Waals surface area contributed by atoms with E-state index in [-0.39, 0.29) is 0 Å². The molecule has 1 saturated carbocycles. The van der Waals surface area contributed by atoms with Crippen LogP contribution in [0, 0.1) is 5.41 Å². The topological polar surface area (TPSA) is 49.8 Å². The Bertz CT molecular complexity index is 424. The Hall–Kier alpha value is -1.32. The highest BCUT2D eigenvalue weighted by Crippen LogP contribution is 2.49.